The minimum absolute atomic E-state index is 0.0741. The molecule has 1 atom stereocenters. The summed E-state index contributed by atoms with van der Waals surface area (Å²) in [5, 5.41) is 10.2. The van der Waals surface area contributed by atoms with E-state index in [9.17, 15) is 4.79 Å². The van der Waals surface area contributed by atoms with Gasteiger partial charge in [-0.1, -0.05) is 0 Å². The summed E-state index contributed by atoms with van der Waals surface area (Å²) in [4.78, 5) is 19.5. The van der Waals surface area contributed by atoms with Crippen LogP contribution >= 0.6 is 0 Å². The molecular formula is C13H18N6O2. The molecule has 0 fully saturated rings. The number of fused-ring (bicyclic) bond motifs is 1. The zero-order valence-electron chi connectivity index (χ0n) is 11.8. The molecule has 112 valence electrons. The second kappa shape index (κ2) is 6.06. The van der Waals surface area contributed by atoms with E-state index in [-0.39, 0.29) is 11.9 Å². The van der Waals surface area contributed by atoms with Gasteiger partial charge in [0, 0.05) is 26.3 Å². The van der Waals surface area contributed by atoms with E-state index in [1.54, 1.807) is 30.5 Å². The molecule has 8 heteroatoms. The van der Waals surface area contributed by atoms with Crippen molar-refractivity contribution < 1.29 is 9.53 Å². The average molecular weight is 290 g/mol. The first kappa shape index (κ1) is 13.8. The number of carbonyl (C=O) groups excluding carboxylic acids is 1. The fourth-order valence-corrected chi connectivity index (χ4v) is 2.32. The lowest BCUT2D eigenvalue weighted by atomic mass is 10.0. The molecule has 2 aromatic rings. The highest BCUT2D eigenvalue weighted by Gasteiger charge is 2.25. The van der Waals surface area contributed by atoms with Crippen LogP contribution in [0.5, 0.6) is 0 Å². The molecule has 2 aromatic heterocycles. The normalized spacial score (nSPS) is 17.5. The van der Waals surface area contributed by atoms with Crippen LogP contribution in [0.2, 0.25) is 0 Å². The Balaban J connectivity index is 1.58. The average Bonchev–Trinajstić information content (AvgIpc) is 3.12. The standard InChI is InChI=1S/C13H18N6O2/c1-21-3-2-19-7-9(5-17-19)18-13(20)11-4-10-12(6-14-11)16-8-15-10/h5,7-8,11,14H,2-4,6H2,1H3,(H,15,16)(H,18,20). The van der Waals surface area contributed by atoms with Crippen LogP contribution in [0.25, 0.3) is 0 Å². The molecule has 0 saturated carbocycles. The quantitative estimate of drug-likeness (QED) is 0.715. The van der Waals surface area contributed by atoms with Crippen LogP contribution in [0.1, 0.15) is 11.4 Å². The van der Waals surface area contributed by atoms with Gasteiger partial charge in [-0.2, -0.15) is 5.10 Å². The molecule has 3 rings (SSSR count). The van der Waals surface area contributed by atoms with Crippen molar-refractivity contribution in [1.29, 1.82) is 0 Å². The maximum atomic E-state index is 12.2. The molecular weight excluding hydrogens is 272 g/mol. The van der Waals surface area contributed by atoms with Crippen LogP contribution in [0.3, 0.4) is 0 Å². The van der Waals surface area contributed by atoms with Gasteiger partial charge in [-0.3, -0.25) is 14.8 Å². The number of rotatable bonds is 5. The highest BCUT2D eigenvalue weighted by Crippen LogP contribution is 2.14. The predicted octanol–water partition coefficient (Wildman–Crippen LogP) is -0.0944. The van der Waals surface area contributed by atoms with Crippen molar-refractivity contribution >= 4 is 11.6 Å². The van der Waals surface area contributed by atoms with E-state index in [1.165, 1.54) is 0 Å². The summed E-state index contributed by atoms with van der Waals surface area (Å²) in [5.74, 6) is -0.0741. The zero-order chi connectivity index (χ0) is 14.7. The van der Waals surface area contributed by atoms with E-state index in [1.807, 2.05) is 0 Å². The van der Waals surface area contributed by atoms with Crippen LogP contribution in [0, 0.1) is 0 Å². The molecule has 3 heterocycles. The zero-order valence-corrected chi connectivity index (χ0v) is 11.8. The number of hydrogen-bond acceptors (Lipinski definition) is 5. The van der Waals surface area contributed by atoms with Gasteiger partial charge >= 0.3 is 0 Å². The number of aromatic nitrogens is 4. The van der Waals surface area contributed by atoms with E-state index in [0.717, 1.165) is 11.4 Å². The summed E-state index contributed by atoms with van der Waals surface area (Å²) in [5.41, 5.74) is 2.68. The third-order valence-corrected chi connectivity index (χ3v) is 3.47. The molecule has 0 saturated heterocycles. The minimum Gasteiger partial charge on any atom is -0.383 e. The van der Waals surface area contributed by atoms with Crippen LogP contribution < -0.4 is 10.6 Å². The molecule has 1 amide bonds. The van der Waals surface area contributed by atoms with Gasteiger partial charge in [-0.15, -0.1) is 0 Å². The monoisotopic (exact) mass is 290 g/mol. The number of anilines is 1. The molecule has 0 radical (unpaired) electrons. The van der Waals surface area contributed by atoms with Crippen molar-refractivity contribution in [3.8, 4) is 0 Å². The summed E-state index contributed by atoms with van der Waals surface area (Å²) >= 11 is 0. The van der Waals surface area contributed by atoms with Gasteiger partial charge in [0.1, 0.15) is 0 Å². The van der Waals surface area contributed by atoms with E-state index in [2.05, 4.69) is 25.7 Å². The van der Waals surface area contributed by atoms with Gasteiger partial charge < -0.3 is 15.0 Å². The Morgan fingerprint density at radius 1 is 1.62 bits per heavy atom. The highest BCUT2D eigenvalue weighted by atomic mass is 16.5. The largest absolute Gasteiger partial charge is 0.383 e. The maximum Gasteiger partial charge on any atom is 0.242 e. The van der Waals surface area contributed by atoms with Gasteiger partial charge in [0.25, 0.3) is 0 Å². The lowest BCUT2D eigenvalue weighted by molar-refractivity contribution is -0.118. The molecule has 0 spiro atoms. The number of carbonyl (C=O) groups is 1. The van der Waals surface area contributed by atoms with Crippen molar-refractivity contribution in [3.63, 3.8) is 0 Å². The minimum atomic E-state index is -0.275. The first-order valence-corrected chi connectivity index (χ1v) is 6.83. The Morgan fingerprint density at radius 3 is 3.38 bits per heavy atom. The van der Waals surface area contributed by atoms with Crippen LogP contribution in [-0.2, 0) is 29.0 Å². The molecule has 1 unspecified atom stereocenters. The SMILES string of the molecule is COCCn1cc(NC(=O)C2Cc3nc[nH]c3CN2)cn1. The summed E-state index contributed by atoms with van der Waals surface area (Å²) < 4.78 is 6.72. The van der Waals surface area contributed by atoms with Gasteiger partial charge in [-0.05, 0) is 0 Å². The molecule has 21 heavy (non-hydrogen) atoms. The van der Waals surface area contributed by atoms with Crippen LogP contribution in [0.15, 0.2) is 18.7 Å². The Kier molecular flexibility index (Phi) is 3.98. The first-order chi connectivity index (χ1) is 10.3. The second-order valence-electron chi connectivity index (χ2n) is 4.94. The molecule has 0 bridgehead atoms. The molecule has 8 nitrogen and oxygen atoms in total. The topological polar surface area (TPSA) is 96.9 Å². The van der Waals surface area contributed by atoms with Crippen LogP contribution in [0.4, 0.5) is 5.69 Å². The van der Waals surface area contributed by atoms with Gasteiger partial charge in [0.05, 0.1) is 48.8 Å². The summed E-state index contributed by atoms with van der Waals surface area (Å²) in [6.45, 7) is 1.87. The molecule has 0 aromatic carbocycles. The molecule has 1 aliphatic rings. The fraction of sp³-hybridized carbons (Fsp3) is 0.462. The van der Waals surface area contributed by atoms with Crippen molar-refractivity contribution in [2.75, 3.05) is 19.0 Å². The van der Waals surface area contributed by atoms with Crippen molar-refractivity contribution in [2.24, 2.45) is 0 Å². The Morgan fingerprint density at radius 2 is 2.52 bits per heavy atom. The first-order valence-electron chi connectivity index (χ1n) is 6.83. The van der Waals surface area contributed by atoms with Crippen LogP contribution in [-0.4, -0.2) is 45.4 Å². The number of nitrogens with one attached hydrogen (secondary N) is 3. The predicted molar refractivity (Wildman–Crippen MR) is 75.7 cm³/mol. The fourth-order valence-electron chi connectivity index (χ4n) is 2.32. The molecule has 1 aliphatic heterocycles. The molecule has 3 N–H and O–H groups in total. The third-order valence-electron chi connectivity index (χ3n) is 3.47. The lowest BCUT2D eigenvalue weighted by Crippen LogP contribution is -2.44. The lowest BCUT2D eigenvalue weighted by Gasteiger charge is -2.21. The summed E-state index contributed by atoms with van der Waals surface area (Å²) in [6.07, 6.45) is 5.67. The van der Waals surface area contributed by atoms with E-state index < -0.39 is 0 Å². The Bertz CT molecular complexity index is 620. The third kappa shape index (κ3) is 3.11. The van der Waals surface area contributed by atoms with E-state index >= 15 is 0 Å². The van der Waals surface area contributed by atoms with Crippen molar-refractivity contribution in [2.45, 2.75) is 25.6 Å². The van der Waals surface area contributed by atoms with Crippen molar-refractivity contribution in [1.82, 2.24) is 25.1 Å². The summed E-state index contributed by atoms with van der Waals surface area (Å²) in [6, 6.07) is -0.275. The van der Waals surface area contributed by atoms with E-state index in [0.29, 0.717) is 31.8 Å². The number of nitrogens with zero attached hydrogens (tertiary/aromatic N) is 3. The number of hydrogen-bond donors (Lipinski definition) is 3. The number of H-pyrrole nitrogens is 1. The smallest absolute Gasteiger partial charge is 0.242 e. The number of aromatic amines is 1. The van der Waals surface area contributed by atoms with Crippen molar-refractivity contribution in [3.05, 3.63) is 30.1 Å². The van der Waals surface area contributed by atoms with Gasteiger partial charge in [0.2, 0.25) is 5.91 Å². The highest BCUT2D eigenvalue weighted by molar-refractivity contribution is 5.94. The number of amides is 1. The second-order valence-corrected chi connectivity index (χ2v) is 4.94. The Hall–Kier alpha value is -2.19. The van der Waals surface area contributed by atoms with E-state index in [4.69, 9.17) is 4.74 Å². The maximum absolute atomic E-state index is 12.2. The number of methoxy groups -OCH3 is 1. The number of ether oxygens (including phenoxy) is 1. The van der Waals surface area contributed by atoms with Gasteiger partial charge in [0.15, 0.2) is 0 Å². The van der Waals surface area contributed by atoms with Gasteiger partial charge in [-0.25, -0.2) is 4.98 Å². The molecule has 0 aliphatic carbocycles. The Labute approximate surface area is 121 Å². The summed E-state index contributed by atoms with van der Waals surface area (Å²) in [7, 11) is 1.64. The number of imidazole rings is 1.